The average Bonchev–Trinajstić information content (AvgIpc) is 2.63. The van der Waals surface area contributed by atoms with Gasteiger partial charge in [-0.05, 0) is 53.8 Å². The topological polar surface area (TPSA) is 50.2 Å². The Kier molecular flexibility index (Phi) is 6.38. The number of hydrogen-bond acceptors (Lipinski definition) is 2. The SMILES string of the molecule is CC(C)Cc1nc(Cc2ccc(Cl)cc2)c(C(=O)O)cc1-c1cccc(Cl)c1. The second-order valence-electron chi connectivity index (χ2n) is 7.19. The van der Waals surface area contributed by atoms with E-state index in [1.165, 1.54) is 0 Å². The average molecular weight is 414 g/mol. The van der Waals surface area contributed by atoms with Crippen LogP contribution in [0.25, 0.3) is 11.1 Å². The van der Waals surface area contributed by atoms with Gasteiger partial charge in [-0.2, -0.15) is 0 Å². The van der Waals surface area contributed by atoms with Crippen molar-refractivity contribution >= 4 is 29.2 Å². The second kappa shape index (κ2) is 8.76. The molecule has 28 heavy (non-hydrogen) atoms. The van der Waals surface area contributed by atoms with Crippen LogP contribution < -0.4 is 0 Å². The first-order valence-electron chi connectivity index (χ1n) is 9.10. The number of halogens is 2. The van der Waals surface area contributed by atoms with Crippen molar-refractivity contribution < 1.29 is 9.90 Å². The van der Waals surface area contributed by atoms with Gasteiger partial charge >= 0.3 is 5.97 Å². The fraction of sp³-hybridized carbons (Fsp3) is 0.217. The van der Waals surface area contributed by atoms with Gasteiger partial charge in [0.05, 0.1) is 11.3 Å². The highest BCUT2D eigenvalue weighted by atomic mass is 35.5. The zero-order valence-corrected chi connectivity index (χ0v) is 17.3. The van der Waals surface area contributed by atoms with Crippen LogP contribution in [0.5, 0.6) is 0 Å². The molecule has 0 bridgehead atoms. The fourth-order valence-electron chi connectivity index (χ4n) is 3.16. The minimum absolute atomic E-state index is 0.206. The van der Waals surface area contributed by atoms with E-state index in [-0.39, 0.29) is 5.56 Å². The zero-order valence-electron chi connectivity index (χ0n) is 15.7. The van der Waals surface area contributed by atoms with E-state index in [0.717, 1.165) is 28.8 Å². The summed E-state index contributed by atoms with van der Waals surface area (Å²) in [6, 6.07) is 16.5. The van der Waals surface area contributed by atoms with Crippen molar-refractivity contribution in [3.8, 4) is 11.1 Å². The molecule has 3 nitrogen and oxygen atoms in total. The van der Waals surface area contributed by atoms with E-state index in [4.69, 9.17) is 28.2 Å². The first kappa shape index (κ1) is 20.4. The molecule has 0 spiro atoms. The molecule has 0 fully saturated rings. The van der Waals surface area contributed by atoms with Crippen LogP contribution in [0.1, 0.15) is 41.2 Å². The summed E-state index contributed by atoms with van der Waals surface area (Å²) in [4.78, 5) is 16.8. The molecule has 0 saturated carbocycles. The number of aromatic carboxylic acids is 1. The van der Waals surface area contributed by atoms with Gasteiger partial charge in [0.25, 0.3) is 0 Å². The van der Waals surface area contributed by atoms with Crippen LogP contribution in [0.4, 0.5) is 0 Å². The minimum Gasteiger partial charge on any atom is -0.478 e. The van der Waals surface area contributed by atoms with Crippen LogP contribution in [-0.2, 0) is 12.8 Å². The number of nitrogens with zero attached hydrogens (tertiary/aromatic N) is 1. The standard InChI is InChI=1S/C23H21Cl2NO2/c1-14(2)10-21-19(16-4-3-5-18(25)12-16)13-20(23(27)28)22(26-21)11-15-6-8-17(24)9-7-15/h3-9,12-14H,10-11H2,1-2H3,(H,27,28). The first-order chi connectivity index (χ1) is 13.3. The maximum absolute atomic E-state index is 12.0. The van der Waals surface area contributed by atoms with Gasteiger partial charge in [-0.25, -0.2) is 4.79 Å². The van der Waals surface area contributed by atoms with Gasteiger partial charge in [-0.1, -0.05) is 61.3 Å². The normalized spacial score (nSPS) is 11.0. The fourth-order valence-corrected chi connectivity index (χ4v) is 3.47. The predicted octanol–water partition coefficient (Wildman–Crippen LogP) is 6.54. The maximum Gasteiger partial charge on any atom is 0.337 e. The van der Waals surface area contributed by atoms with Gasteiger partial charge < -0.3 is 5.11 Å². The lowest BCUT2D eigenvalue weighted by Crippen LogP contribution is -2.11. The summed E-state index contributed by atoms with van der Waals surface area (Å²) >= 11 is 12.1. The molecule has 5 heteroatoms. The van der Waals surface area contributed by atoms with Crippen molar-refractivity contribution in [1.82, 2.24) is 4.98 Å². The van der Waals surface area contributed by atoms with Crippen molar-refractivity contribution in [2.24, 2.45) is 5.92 Å². The van der Waals surface area contributed by atoms with Gasteiger partial charge in [-0.3, -0.25) is 4.98 Å². The number of pyridine rings is 1. The third-order valence-electron chi connectivity index (χ3n) is 4.43. The Morgan fingerprint density at radius 2 is 1.71 bits per heavy atom. The van der Waals surface area contributed by atoms with Gasteiger partial charge in [0.15, 0.2) is 0 Å². The molecule has 3 aromatic rings. The van der Waals surface area contributed by atoms with Crippen molar-refractivity contribution in [3.05, 3.63) is 87.2 Å². The number of aromatic nitrogens is 1. The van der Waals surface area contributed by atoms with E-state index >= 15 is 0 Å². The first-order valence-corrected chi connectivity index (χ1v) is 9.85. The molecule has 0 aliphatic rings. The van der Waals surface area contributed by atoms with E-state index in [0.29, 0.717) is 28.1 Å². The van der Waals surface area contributed by atoms with Crippen LogP contribution in [-0.4, -0.2) is 16.1 Å². The highest BCUT2D eigenvalue weighted by molar-refractivity contribution is 6.31. The molecule has 0 radical (unpaired) electrons. The number of hydrogen-bond donors (Lipinski definition) is 1. The lowest BCUT2D eigenvalue weighted by molar-refractivity contribution is 0.0695. The molecule has 0 atom stereocenters. The molecule has 0 aliphatic carbocycles. The lowest BCUT2D eigenvalue weighted by Gasteiger charge is -2.16. The Morgan fingerprint density at radius 3 is 2.32 bits per heavy atom. The summed E-state index contributed by atoms with van der Waals surface area (Å²) in [6.07, 6.45) is 1.18. The summed E-state index contributed by atoms with van der Waals surface area (Å²) < 4.78 is 0. The molecule has 0 unspecified atom stereocenters. The Balaban J connectivity index is 2.14. The van der Waals surface area contributed by atoms with Crippen LogP contribution in [0.15, 0.2) is 54.6 Å². The molecular formula is C23H21Cl2NO2. The van der Waals surface area contributed by atoms with Crippen molar-refractivity contribution in [1.29, 1.82) is 0 Å². The van der Waals surface area contributed by atoms with Crippen molar-refractivity contribution in [2.75, 3.05) is 0 Å². The number of benzene rings is 2. The zero-order chi connectivity index (χ0) is 20.3. The number of rotatable bonds is 6. The van der Waals surface area contributed by atoms with Gasteiger partial charge in [0.1, 0.15) is 0 Å². The van der Waals surface area contributed by atoms with Crippen LogP contribution in [0.3, 0.4) is 0 Å². The van der Waals surface area contributed by atoms with Gasteiger partial charge in [0.2, 0.25) is 0 Å². The summed E-state index contributed by atoms with van der Waals surface area (Å²) in [5, 5.41) is 11.1. The lowest BCUT2D eigenvalue weighted by atomic mass is 9.94. The third-order valence-corrected chi connectivity index (χ3v) is 4.92. The molecule has 1 aromatic heterocycles. The van der Waals surface area contributed by atoms with Crippen molar-refractivity contribution in [2.45, 2.75) is 26.7 Å². The maximum atomic E-state index is 12.0. The van der Waals surface area contributed by atoms with E-state index in [9.17, 15) is 9.90 Å². The Bertz CT molecular complexity index is 998. The Hall–Kier alpha value is -2.36. The number of carbonyl (C=O) groups is 1. The summed E-state index contributed by atoms with van der Waals surface area (Å²) in [7, 11) is 0. The molecule has 1 N–H and O–H groups in total. The van der Waals surface area contributed by atoms with Crippen molar-refractivity contribution in [3.63, 3.8) is 0 Å². The van der Waals surface area contributed by atoms with E-state index < -0.39 is 5.97 Å². The van der Waals surface area contributed by atoms with E-state index in [1.807, 2.05) is 30.3 Å². The van der Waals surface area contributed by atoms with E-state index in [1.54, 1.807) is 24.3 Å². The van der Waals surface area contributed by atoms with Crippen LogP contribution >= 0.6 is 23.2 Å². The molecule has 3 rings (SSSR count). The Labute approximate surface area is 175 Å². The number of carboxylic acid groups (broad SMARTS) is 1. The monoisotopic (exact) mass is 413 g/mol. The van der Waals surface area contributed by atoms with Crippen LogP contribution in [0, 0.1) is 5.92 Å². The predicted molar refractivity (Wildman–Crippen MR) is 114 cm³/mol. The minimum atomic E-state index is -0.990. The molecule has 0 saturated heterocycles. The van der Waals surface area contributed by atoms with Gasteiger partial charge in [0, 0.05) is 27.7 Å². The highest BCUT2D eigenvalue weighted by Gasteiger charge is 2.19. The van der Waals surface area contributed by atoms with Crippen LogP contribution in [0.2, 0.25) is 10.0 Å². The molecule has 144 valence electrons. The molecular weight excluding hydrogens is 393 g/mol. The smallest absolute Gasteiger partial charge is 0.337 e. The van der Waals surface area contributed by atoms with E-state index in [2.05, 4.69) is 13.8 Å². The highest BCUT2D eigenvalue weighted by Crippen LogP contribution is 2.30. The third kappa shape index (κ3) is 4.92. The Morgan fingerprint density at radius 1 is 1.00 bits per heavy atom. The number of carboxylic acids is 1. The molecule has 0 aliphatic heterocycles. The quantitative estimate of drug-likeness (QED) is 0.498. The van der Waals surface area contributed by atoms with Gasteiger partial charge in [-0.15, -0.1) is 0 Å². The largest absolute Gasteiger partial charge is 0.478 e. The summed E-state index contributed by atoms with van der Waals surface area (Å²) in [5.74, 6) is -0.611. The summed E-state index contributed by atoms with van der Waals surface area (Å²) in [5.41, 5.74) is 4.29. The molecule has 0 amide bonds. The second-order valence-corrected chi connectivity index (χ2v) is 8.07. The molecule has 1 heterocycles. The summed E-state index contributed by atoms with van der Waals surface area (Å²) in [6.45, 7) is 4.24. The molecule has 2 aromatic carbocycles.